The molecule has 158 valence electrons. The van der Waals surface area contributed by atoms with Gasteiger partial charge in [-0.15, -0.1) is 11.3 Å². The van der Waals surface area contributed by atoms with E-state index in [0.717, 1.165) is 43.2 Å². The largest absolute Gasteiger partial charge is 0.468 e. The van der Waals surface area contributed by atoms with Gasteiger partial charge in [0.15, 0.2) is 6.61 Å². The van der Waals surface area contributed by atoms with E-state index < -0.39 is 12.8 Å². The Morgan fingerprint density at radius 1 is 1.38 bits per heavy atom. The standard InChI is InChI=1S/C19H23F3N4O2S/c1-13-25-16(11-29-13)10-26-7-4-14(5-8-26)17(27)24-9-15-3-2-6-23-18(15)28-12-19(20,21)22/h2-3,6,11,14H,4-5,7-10,12H2,1H3,(H,24,27). The Labute approximate surface area is 171 Å². The molecule has 1 fully saturated rings. The molecule has 0 unspecified atom stereocenters. The number of pyridine rings is 1. The van der Waals surface area contributed by atoms with Crippen LogP contribution < -0.4 is 10.1 Å². The van der Waals surface area contributed by atoms with Gasteiger partial charge >= 0.3 is 6.18 Å². The molecule has 1 saturated heterocycles. The third-order valence-corrected chi connectivity index (χ3v) is 5.51. The Morgan fingerprint density at radius 2 is 2.14 bits per heavy atom. The molecule has 1 aliphatic heterocycles. The first-order chi connectivity index (χ1) is 13.8. The van der Waals surface area contributed by atoms with Gasteiger partial charge in [0.1, 0.15) is 0 Å². The minimum absolute atomic E-state index is 0.0815. The van der Waals surface area contributed by atoms with Crippen LogP contribution in [0.3, 0.4) is 0 Å². The summed E-state index contributed by atoms with van der Waals surface area (Å²) in [5, 5.41) is 5.91. The molecule has 1 aliphatic rings. The molecule has 0 aromatic carbocycles. The lowest BCUT2D eigenvalue weighted by atomic mass is 9.95. The molecule has 29 heavy (non-hydrogen) atoms. The summed E-state index contributed by atoms with van der Waals surface area (Å²) >= 11 is 1.63. The average molecular weight is 428 g/mol. The molecule has 2 aromatic rings. The first kappa shape index (κ1) is 21.5. The lowest BCUT2D eigenvalue weighted by Crippen LogP contribution is -2.40. The fourth-order valence-electron chi connectivity index (χ4n) is 3.23. The first-order valence-corrected chi connectivity index (χ1v) is 10.2. The van der Waals surface area contributed by atoms with Crippen LogP contribution in [0.4, 0.5) is 13.2 Å². The molecule has 6 nitrogen and oxygen atoms in total. The average Bonchev–Trinajstić information content (AvgIpc) is 3.09. The van der Waals surface area contributed by atoms with Gasteiger partial charge < -0.3 is 10.1 Å². The van der Waals surface area contributed by atoms with Crippen molar-refractivity contribution in [3.8, 4) is 5.88 Å². The molecule has 1 N–H and O–H groups in total. The number of piperidine rings is 1. The van der Waals surface area contributed by atoms with Crippen molar-refractivity contribution in [1.29, 1.82) is 0 Å². The maximum absolute atomic E-state index is 12.5. The van der Waals surface area contributed by atoms with Gasteiger partial charge in [0.05, 0.1) is 10.7 Å². The van der Waals surface area contributed by atoms with E-state index in [2.05, 4.69) is 25.6 Å². The number of carbonyl (C=O) groups excluding carboxylic acids is 1. The summed E-state index contributed by atoms with van der Waals surface area (Å²) in [5.41, 5.74) is 1.47. The number of ether oxygens (including phenoxy) is 1. The number of aryl methyl sites for hydroxylation is 1. The summed E-state index contributed by atoms with van der Waals surface area (Å²) in [6, 6.07) is 3.19. The third-order valence-electron chi connectivity index (χ3n) is 4.69. The minimum Gasteiger partial charge on any atom is -0.468 e. The highest BCUT2D eigenvalue weighted by atomic mass is 32.1. The fraction of sp³-hybridized carbons (Fsp3) is 0.526. The van der Waals surface area contributed by atoms with Crippen LogP contribution in [-0.4, -0.2) is 46.6 Å². The second-order valence-corrected chi connectivity index (χ2v) is 8.06. The van der Waals surface area contributed by atoms with Gasteiger partial charge in [-0.1, -0.05) is 6.07 Å². The topological polar surface area (TPSA) is 67.4 Å². The van der Waals surface area contributed by atoms with Crippen LogP contribution >= 0.6 is 11.3 Å². The van der Waals surface area contributed by atoms with Crippen molar-refractivity contribution in [2.24, 2.45) is 5.92 Å². The van der Waals surface area contributed by atoms with E-state index in [1.165, 1.54) is 6.20 Å². The Kier molecular flexibility index (Phi) is 7.07. The number of amides is 1. The number of carbonyl (C=O) groups is 1. The van der Waals surface area contributed by atoms with Gasteiger partial charge in [0.25, 0.3) is 0 Å². The van der Waals surface area contributed by atoms with Crippen molar-refractivity contribution < 1.29 is 22.7 Å². The van der Waals surface area contributed by atoms with E-state index in [9.17, 15) is 18.0 Å². The lowest BCUT2D eigenvalue weighted by Gasteiger charge is -2.30. The van der Waals surface area contributed by atoms with Crippen LogP contribution in [0.15, 0.2) is 23.7 Å². The molecule has 3 rings (SSSR count). The van der Waals surface area contributed by atoms with Crippen LogP contribution in [0.5, 0.6) is 5.88 Å². The molecule has 0 aliphatic carbocycles. The highest BCUT2D eigenvalue weighted by Gasteiger charge is 2.29. The highest BCUT2D eigenvalue weighted by Crippen LogP contribution is 2.22. The molecule has 0 spiro atoms. The van der Waals surface area contributed by atoms with Gasteiger partial charge in [0.2, 0.25) is 11.8 Å². The lowest BCUT2D eigenvalue weighted by molar-refractivity contribution is -0.154. The van der Waals surface area contributed by atoms with E-state index in [0.29, 0.717) is 5.56 Å². The second kappa shape index (κ2) is 9.53. The maximum atomic E-state index is 12.5. The van der Waals surface area contributed by atoms with E-state index in [4.69, 9.17) is 4.74 Å². The molecule has 0 bridgehead atoms. The van der Waals surface area contributed by atoms with Crippen molar-refractivity contribution in [3.63, 3.8) is 0 Å². The van der Waals surface area contributed by atoms with Gasteiger partial charge in [-0.25, -0.2) is 9.97 Å². The van der Waals surface area contributed by atoms with Crippen LogP contribution in [0.1, 0.15) is 29.1 Å². The first-order valence-electron chi connectivity index (χ1n) is 9.34. The zero-order valence-corrected chi connectivity index (χ0v) is 16.9. The molecular formula is C19H23F3N4O2S. The Morgan fingerprint density at radius 3 is 2.79 bits per heavy atom. The predicted octanol–water partition coefficient (Wildman–Crippen LogP) is 3.32. The summed E-state index contributed by atoms with van der Waals surface area (Å²) < 4.78 is 41.9. The third kappa shape index (κ3) is 6.67. The number of likely N-dealkylation sites (tertiary alicyclic amines) is 1. The van der Waals surface area contributed by atoms with Gasteiger partial charge in [-0.2, -0.15) is 13.2 Å². The number of hydrogen-bond donors (Lipinski definition) is 1. The normalized spacial score (nSPS) is 16.0. The van der Waals surface area contributed by atoms with Crippen molar-refractivity contribution >= 4 is 17.2 Å². The summed E-state index contributed by atoms with van der Waals surface area (Å²) in [7, 11) is 0. The molecule has 10 heteroatoms. The fourth-order valence-corrected chi connectivity index (χ4v) is 3.83. The number of nitrogens with one attached hydrogen (secondary N) is 1. The van der Waals surface area contributed by atoms with Crippen LogP contribution in [0.2, 0.25) is 0 Å². The predicted molar refractivity (Wildman–Crippen MR) is 102 cm³/mol. The van der Waals surface area contributed by atoms with Crippen molar-refractivity contribution in [1.82, 2.24) is 20.2 Å². The number of rotatable bonds is 7. The van der Waals surface area contributed by atoms with Crippen molar-refractivity contribution in [2.45, 2.75) is 39.0 Å². The monoisotopic (exact) mass is 428 g/mol. The highest BCUT2D eigenvalue weighted by molar-refractivity contribution is 7.09. The Bertz CT molecular complexity index is 820. The van der Waals surface area contributed by atoms with E-state index in [1.54, 1.807) is 23.5 Å². The minimum atomic E-state index is -4.44. The van der Waals surface area contributed by atoms with Gasteiger partial charge in [-0.05, 0) is 38.9 Å². The number of alkyl halides is 3. The molecular weight excluding hydrogens is 405 g/mol. The number of nitrogens with zero attached hydrogens (tertiary/aromatic N) is 3. The summed E-state index contributed by atoms with van der Waals surface area (Å²) in [6.07, 6.45) is -1.61. The number of halogens is 3. The van der Waals surface area contributed by atoms with Crippen molar-refractivity contribution in [2.75, 3.05) is 19.7 Å². The van der Waals surface area contributed by atoms with E-state index >= 15 is 0 Å². The summed E-state index contributed by atoms with van der Waals surface area (Å²) in [4.78, 5) is 23.1. The van der Waals surface area contributed by atoms with Crippen LogP contribution in [0.25, 0.3) is 0 Å². The van der Waals surface area contributed by atoms with E-state index in [-0.39, 0.29) is 24.2 Å². The number of thiazole rings is 1. The molecule has 2 aromatic heterocycles. The second-order valence-electron chi connectivity index (χ2n) is 7.00. The smallest absolute Gasteiger partial charge is 0.422 e. The Hall–Kier alpha value is -2.20. The van der Waals surface area contributed by atoms with Crippen LogP contribution in [-0.2, 0) is 17.9 Å². The molecule has 0 atom stereocenters. The molecule has 0 radical (unpaired) electrons. The SMILES string of the molecule is Cc1nc(CN2CCC(C(=O)NCc3cccnc3OCC(F)(F)F)CC2)cs1. The quantitative estimate of drug-likeness (QED) is 0.733. The van der Waals surface area contributed by atoms with Gasteiger partial charge in [-0.3, -0.25) is 9.69 Å². The maximum Gasteiger partial charge on any atom is 0.422 e. The van der Waals surface area contributed by atoms with Gasteiger partial charge in [0, 0.05) is 36.1 Å². The van der Waals surface area contributed by atoms with Crippen molar-refractivity contribution in [3.05, 3.63) is 40.0 Å². The summed E-state index contributed by atoms with van der Waals surface area (Å²) in [5.74, 6) is -0.321. The molecule has 3 heterocycles. The molecule has 0 saturated carbocycles. The van der Waals surface area contributed by atoms with E-state index in [1.807, 2.05) is 6.92 Å². The molecule has 1 amide bonds. The summed E-state index contributed by atoms with van der Waals surface area (Å²) in [6.45, 7) is 3.05. The number of aromatic nitrogens is 2. The zero-order valence-electron chi connectivity index (χ0n) is 16.0. The zero-order chi connectivity index (χ0) is 20.9. The Balaban J connectivity index is 1.46. The number of hydrogen-bond acceptors (Lipinski definition) is 6. The van der Waals surface area contributed by atoms with Crippen LogP contribution in [0, 0.1) is 12.8 Å².